The number of likely N-dealkylation sites (tertiary alicyclic amines) is 1. The van der Waals surface area contributed by atoms with Crippen LogP contribution in [0.2, 0.25) is 5.02 Å². The summed E-state index contributed by atoms with van der Waals surface area (Å²) in [5.74, 6) is 0.189. The second-order valence-electron chi connectivity index (χ2n) is 6.90. The van der Waals surface area contributed by atoms with Gasteiger partial charge in [-0.15, -0.1) is 0 Å². The molecule has 0 bridgehead atoms. The summed E-state index contributed by atoms with van der Waals surface area (Å²) in [5.41, 5.74) is 0.653. The van der Waals surface area contributed by atoms with Gasteiger partial charge in [-0.05, 0) is 31.0 Å². The van der Waals surface area contributed by atoms with E-state index in [1.54, 1.807) is 39.0 Å². The van der Waals surface area contributed by atoms with Crippen LogP contribution in [-0.4, -0.2) is 71.8 Å². The van der Waals surface area contributed by atoms with E-state index in [1.165, 1.54) is 0 Å². The van der Waals surface area contributed by atoms with Crippen molar-refractivity contribution >= 4 is 35.1 Å². The number of halogens is 1. The molecule has 2 saturated heterocycles. The van der Waals surface area contributed by atoms with E-state index in [-0.39, 0.29) is 17.8 Å². The van der Waals surface area contributed by atoms with Crippen LogP contribution in [0.5, 0.6) is 0 Å². The Morgan fingerprint density at radius 2 is 1.81 bits per heavy atom. The summed E-state index contributed by atoms with van der Waals surface area (Å²) in [5, 5.41) is 3.41. The van der Waals surface area contributed by atoms with Crippen LogP contribution in [0.15, 0.2) is 24.3 Å². The van der Waals surface area contributed by atoms with Gasteiger partial charge in [-0.3, -0.25) is 9.59 Å². The molecule has 8 heteroatoms. The molecular formula is C19H25ClN4O3. The molecule has 0 saturated carbocycles. The predicted molar refractivity (Wildman–Crippen MR) is 104 cm³/mol. The van der Waals surface area contributed by atoms with Crippen molar-refractivity contribution in [2.24, 2.45) is 0 Å². The van der Waals surface area contributed by atoms with Crippen molar-refractivity contribution in [2.45, 2.75) is 25.7 Å². The van der Waals surface area contributed by atoms with Gasteiger partial charge < -0.3 is 20.0 Å². The smallest absolute Gasteiger partial charge is 0.321 e. The second-order valence-corrected chi connectivity index (χ2v) is 7.33. The maximum absolute atomic E-state index is 12.5. The number of nitrogens with one attached hydrogen (secondary N) is 1. The topological polar surface area (TPSA) is 73.0 Å². The molecule has 3 rings (SSSR count). The normalized spacial score (nSPS) is 17.8. The van der Waals surface area contributed by atoms with Crippen LogP contribution in [0.4, 0.5) is 10.5 Å². The minimum absolute atomic E-state index is 0.0480. The number of nitrogens with zero attached hydrogens (tertiary/aromatic N) is 3. The molecule has 1 aromatic rings. The van der Waals surface area contributed by atoms with Gasteiger partial charge in [0.2, 0.25) is 11.8 Å². The van der Waals surface area contributed by atoms with E-state index in [0.717, 1.165) is 19.4 Å². The molecule has 2 aliphatic rings. The molecule has 1 N–H and O–H groups in total. The zero-order chi connectivity index (χ0) is 19.2. The van der Waals surface area contributed by atoms with Crippen LogP contribution < -0.4 is 5.32 Å². The fourth-order valence-electron chi connectivity index (χ4n) is 3.47. The third kappa shape index (κ3) is 5.35. The summed E-state index contributed by atoms with van der Waals surface area (Å²) in [7, 11) is 0. The van der Waals surface area contributed by atoms with Gasteiger partial charge in [-0.1, -0.05) is 17.7 Å². The fraction of sp³-hybridized carbons (Fsp3) is 0.526. The van der Waals surface area contributed by atoms with Crippen molar-refractivity contribution in [1.82, 2.24) is 14.7 Å². The lowest BCUT2D eigenvalue weighted by Crippen LogP contribution is -2.40. The van der Waals surface area contributed by atoms with E-state index >= 15 is 0 Å². The number of carbonyl (C=O) groups is 3. The molecular weight excluding hydrogens is 368 g/mol. The molecule has 0 aliphatic carbocycles. The maximum atomic E-state index is 12.5. The van der Waals surface area contributed by atoms with E-state index in [4.69, 9.17) is 11.6 Å². The molecule has 27 heavy (non-hydrogen) atoms. The summed E-state index contributed by atoms with van der Waals surface area (Å²) in [6, 6.07) is 6.84. The van der Waals surface area contributed by atoms with E-state index < -0.39 is 0 Å². The average molecular weight is 393 g/mol. The van der Waals surface area contributed by atoms with E-state index in [0.29, 0.717) is 56.3 Å². The van der Waals surface area contributed by atoms with Crippen molar-refractivity contribution in [3.8, 4) is 0 Å². The molecule has 0 unspecified atom stereocenters. The van der Waals surface area contributed by atoms with Crippen molar-refractivity contribution in [3.05, 3.63) is 29.3 Å². The third-order valence-electron chi connectivity index (χ3n) is 4.98. The second kappa shape index (κ2) is 9.08. The molecule has 0 spiro atoms. The number of benzene rings is 1. The summed E-state index contributed by atoms with van der Waals surface area (Å²) >= 11 is 5.95. The minimum Gasteiger partial charge on any atom is -0.342 e. The van der Waals surface area contributed by atoms with Gasteiger partial charge in [0.25, 0.3) is 0 Å². The van der Waals surface area contributed by atoms with Crippen LogP contribution >= 0.6 is 11.6 Å². The van der Waals surface area contributed by atoms with Crippen LogP contribution in [0.1, 0.15) is 25.7 Å². The molecule has 7 nitrogen and oxygen atoms in total. The van der Waals surface area contributed by atoms with Crippen LogP contribution in [0.25, 0.3) is 0 Å². The largest absolute Gasteiger partial charge is 0.342 e. The van der Waals surface area contributed by atoms with Gasteiger partial charge in [-0.25, -0.2) is 4.79 Å². The number of rotatable bonds is 4. The van der Waals surface area contributed by atoms with Gasteiger partial charge in [0.1, 0.15) is 0 Å². The SMILES string of the molecule is O=C1CCCN1CCC(=O)N1CCCN(C(=O)Nc2cccc(Cl)c2)CC1. The third-order valence-corrected chi connectivity index (χ3v) is 5.21. The molecule has 4 amide bonds. The lowest BCUT2D eigenvalue weighted by molar-refractivity contribution is -0.132. The van der Waals surface area contributed by atoms with Crippen molar-refractivity contribution in [1.29, 1.82) is 0 Å². The van der Waals surface area contributed by atoms with E-state index in [9.17, 15) is 14.4 Å². The number of amides is 4. The Bertz CT molecular complexity index is 712. The number of hydrogen-bond donors (Lipinski definition) is 1. The molecule has 2 aliphatic heterocycles. The summed E-state index contributed by atoms with van der Waals surface area (Å²) in [6.45, 7) is 3.47. The van der Waals surface area contributed by atoms with Gasteiger partial charge in [0.05, 0.1) is 0 Å². The Morgan fingerprint density at radius 3 is 2.56 bits per heavy atom. The average Bonchev–Trinajstić information content (AvgIpc) is 2.90. The number of hydrogen-bond acceptors (Lipinski definition) is 3. The quantitative estimate of drug-likeness (QED) is 0.855. The van der Waals surface area contributed by atoms with Crippen LogP contribution in [-0.2, 0) is 9.59 Å². The molecule has 0 aromatic heterocycles. The fourth-order valence-corrected chi connectivity index (χ4v) is 3.66. The molecule has 1 aromatic carbocycles. The van der Waals surface area contributed by atoms with Crippen molar-refractivity contribution in [2.75, 3.05) is 44.6 Å². The summed E-state index contributed by atoms with van der Waals surface area (Å²) in [4.78, 5) is 41.9. The van der Waals surface area contributed by atoms with Crippen molar-refractivity contribution in [3.63, 3.8) is 0 Å². The van der Waals surface area contributed by atoms with E-state index in [1.807, 2.05) is 0 Å². The number of urea groups is 1. The van der Waals surface area contributed by atoms with Crippen LogP contribution in [0, 0.1) is 0 Å². The summed E-state index contributed by atoms with van der Waals surface area (Å²) in [6.07, 6.45) is 2.56. The Morgan fingerprint density at radius 1 is 1.04 bits per heavy atom. The highest BCUT2D eigenvalue weighted by Crippen LogP contribution is 2.16. The number of anilines is 1. The van der Waals surface area contributed by atoms with Crippen molar-refractivity contribution < 1.29 is 14.4 Å². The van der Waals surface area contributed by atoms with Crippen LogP contribution in [0.3, 0.4) is 0 Å². The molecule has 2 heterocycles. The first-order valence-electron chi connectivity index (χ1n) is 9.40. The highest BCUT2D eigenvalue weighted by atomic mass is 35.5. The zero-order valence-electron chi connectivity index (χ0n) is 15.3. The minimum atomic E-state index is -0.186. The Kier molecular flexibility index (Phi) is 6.55. The summed E-state index contributed by atoms with van der Waals surface area (Å²) < 4.78 is 0. The molecule has 0 radical (unpaired) electrons. The Labute approximate surface area is 164 Å². The molecule has 0 atom stereocenters. The Balaban J connectivity index is 1.47. The van der Waals surface area contributed by atoms with Gasteiger partial charge in [0.15, 0.2) is 0 Å². The predicted octanol–water partition coefficient (Wildman–Crippen LogP) is 2.42. The first-order valence-corrected chi connectivity index (χ1v) is 9.78. The van der Waals surface area contributed by atoms with E-state index in [2.05, 4.69) is 5.32 Å². The monoisotopic (exact) mass is 392 g/mol. The first kappa shape index (κ1) is 19.5. The van der Waals surface area contributed by atoms with Gasteiger partial charge in [-0.2, -0.15) is 0 Å². The molecule has 146 valence electrons. The zero-order valence-corrected chi connectivity index (χ0v) is 16.1. The van der Waals surface area contributed by atoms with Gasteiger partial charge >= 0.3 is 6.03 Å². The maximum Gasteiger partial charge on any atom is 0.321 e. The Hall–Kier alpha value is -2.28. The number of carbonyl (C=O) groups excluding carboxylic acids is 3. The molecule has 2 fully saturated rings. The lowest BCUT2D eigenvalue weighted by atomic mass is 10.3. The lowest BCUT2D eigenvalue weighted by Gasteiger charge is -2.23. The highest BCUT2D eigenvalue weighted by Gasteiger charge is 2.24. The highest BCUT2D eigenvalue weighted by molar-refractivity contribution is 6.30. The van der Waals surface area contributed by atoms with Gasteiger partial charge in [0, 0.05) is 62.8 Å². The first-order chi connectivity index (χ1) is 13.0. The standard InChI is InChI=1S/C19H25ClN4O3/c20-15-4-1-5-16(14-15)21-19(27)24-10-3-9-23(12-13-24)18(26)7-11-22-8-2-6-17(22)25/h1,4-5,14H,2-3,6-13H2,(H,21,27).